The lowest BCUT2D eigenvalue weighted by atomic mass is 10.0. The quantitative estimate of drug-likeness (QED) is 0.542. The highest BCUT2D eigenvalue weighted by atomic mass is 35.5. The lowest BCUT2D eigenvalue weighted by Gasteiger charge is -2.19. The van der Waals surface area contributed by atoms with Crippen LogP contribution in [-0.4, -0.2) is 31.4 Å². The van der Waals surface area contributed by atoms with Crippen molar-refractivity contribution in [3.05, 3.63) is 77.1 Å². The molecule has 0 bridgehead atoms. The molecule has 1 N–H and O–H groups in total. The first-order valence-corrected chi connectivity index (χ1v) is 9.78. The molecule has 4 nitrogen and oxygen atoms in total. The Kier molecular flexibility index (Phi) is 7.00. The zero-order valence-electron chi connectivity index (χ0n) is 16.7. The number of carbonyl (C=O) groups is 1. The lowest BCUT2D eigenvalue weighted by molar-refractivity contribution is -0.115. The lowest BCUT2D eigenvalue weighted by Crippen LogP contribution is -2.16. The first kappa shape index (κ1) is 21.7. The van der Waals surface area contributed by atoms with Gasteiger partial charge in [-0.1, -0.05) is 35.9 Å². The fraction of sp³-hybridized carbons (Fsp3) is 0.217. The highest BCUT2D eigenvalue weighted by Gasteiger charge is 2.13. The van der Waals surface area contributed by atoms with Crippen LogP contribution < -0.4 is 10.2 Å². The minimum atomic E-state index is -2.42. The molecule has 0 spiro atoms. The molecule has 1 heterocycles. The van der Waals surface area contributed by atoms with E-state index in [0.717, 1.165) is 22.4 Å². The van der Waals surface area contributed by atoms with E-state index in [4.69, 9.17) is 11.6 Å². The Bertz CT molecular complexity index is 1040. The van der Waals surface area contributed by atoms with Crippen LogP contribution >= 0.6 is 11.6 Å². The summed E-state index contributed by atoms with van der Waals surface area (Å²) in [6, 6.07) is 14.4. The molecule has 3 rings (SSSR count). The minimum Gasteiger partial charge on any atom is -0.377 e. The molecule has 0 atom stereocenters. The van der Waals surface area contributed by atoms with Crippen LogP contribution in [0.4, 0.5) is 20.2 Å². The predicted octanol–water partition coefficient (Wildman–Crippen LogP) is 5.46. The van der Waals surface area contributed by atoms with Crippen LogP contribution in [0.3, 0.4) is 0 Å². The van der Waals surface area contributed by atoms with Crippen molar-refractivity contribution < 1.29 is 13.6 Å². The van der Waals surface area contributed by atoms with E-state index in [0.29, 0.717) is 16.3 Å². The molecule has 30 heavy (non-hydrogen) atoms. The molecule has 0 saturated heterocycles. The standard InChI is InChI=1S/C23H22ClF2N3O/c1-29(2)21-12-18(28-23(30)11-16-5-3-4-6-20(16)24)7-8-19(21)17-9-15(10-22(25)26)13-27-14-17/h3-9,12-14,22H,10-11H2,1-2H3,(H,28,30). The number of alkyl halides is 2. The van der Waals surface area contributed by atoms with E-state index < -0.39 is 6.43 Å². The van der Waals surface area contributed by atoms with Gasteiger partial charge in [-0.2, -0.15) is 0 Å². The number of hydrogen-bond acceptors (Lipinski definition) is 3. The number of pyridine rings is 1. The summed E-state index contributed by atoms with van der Waals surface area (Å²) in [5.41, 5.74) is 4.28. The Hall–Kier alpha value is -2.99. The van der Waals surface area contributed by atoms with Crippen LogP contribution in [0.1, 0.15) is 11.1 Å². The van der Waals surface area contributed by atoms with E-state index in [1.165, 1.54) is 6.20 Å². The van der Waals surface area contributed by atoms with Crippen LogP contribution in [0.5, 0.6) is 0 Å². The fourth-order valence-corrected chi connectivity index (χ4v) is 3.37. The molecule has 0 aliphatic rings. The molecule has 0 aliphatic carbocycles. The number of halogens is 3. The van der Waals surface area contributed by atoms with Gasteiger partial charge in [0.2, 0.25) is 12.3 Å². The van der Waals surface area contributed by atoms with Gasteiger partial charge in [0.15, 0.2) is 0 Å². The number of benzene rings is 2. The zero-order chi connectivity index (χ0) is 21.7. The Morgan fingerprint density at radius 1 is 1.13 bits per heavy atom. The molecule has 1 amide bonds. The third-order valence-corrected chi connectivity index (χ3v) is 4.94. The van der Waals surface area contributed by atoms with E-state index >= 15 is 0 Å². The average Bonchev–Trinajstić information content (AvgIpc) is 2.69. The molecule has 2 aromatic carbocycles. The molecule has 0 radical (unpaired) electrons. The van der Waals surface area contributed by atoms with Gasteiger partial charge in [0.05, 0.1) is 6.42 Å². The summed E-state index contributed by atoms with van der Waals surface area (Å²) in [6.07, 6.45) is 0.500. The van der Waals surface area contributed by atoms with Crippen molar-refractivity contribution in [3.8, 4) is 11.1 Å². The number of amides is 1. The molecule has 0 saturated carbocycles. The summed E-state index contributed by atoms with van der Waals surface area (Å²) in [6.45, 7) is 0. The molecule has 0 aliphatic heterocycles. The summed E-state index contributed by atoms with van der Waals surface area (Å²) in [5.74, 6) is -0.179. The van der Waals surface area contributed by atoms with Crippen LogP contribution in [-0.2, 0) is 17.6 Å². The highest BCUT2D eigenvalue weighted by molar-refractivity contribution is 6.31. The van der Waals surface area contributed by atoms with Gasteiger partial charge in [-0.05, 0) is 35.4 Å². The molecular weight excluding hydrogens is 408 g/mol. The van der Waals surface area contributed by atoms with Crippen LogP contribution in [0.15, 0.2) is 60.9 Å². The first-order chi connectivity index (χ1) is 14.3. The van der Waals surface area contributed by atoms with Crippen molar-refractivity contribution in [2.24, 2.45) is 0 Å². The maximum Gasteiger partial charge on any atom is 0.242 e. The average molecular weight is 430 g/mol. The summed E-state index contributed by atoms with van der Waals surface area (Å²) in [4.78, 5) is 18.5. The SMILES string of the molecule is CN(C)c1cc(NC(=O)Cc2ccccc2Cl)ccc1-c1cncc(CC(F)F)c1. The molecule has 0 fully saturated rings. The number of aromatic nitrogens is 1. The van der Waals surface area contributed by atoms with Gasteiger partial charge in [0.25, 0.3) is 0 Å². The number of rotatable bonds is 7. The number of carbonyl (C=O) groups excluding carboxylic acids is 1. The Morgan fingerprint density at radius 3 is 2.60 bits per heavy atom. The summed E-state index contributed by atoms with van der Waals surface area (Å²) < 4.78 is 25.5. The largest absolute Gasteiger partial charge is 0.377 e. The smallest absolute Gasteiger partial charge is 0.242 e. The second-order valence-corrected chi connectivity index (χ2v) is 7.53. The monoisotopic (exact) mass is 429 g/mol. The number of anilines is 2. The third kappa shape index (κ3) is 5.54. The van der Waals surface area contributed by atoms with Crippen molar-refractivity contribution in [2.45, 2.75) is 19.3 Å². The molecule has 1 aromatic heterocycles. The molecule has 3 aromatic rings. The number of hydrogen-bond donors (Lipinski definition) is 1. The Labute approximate surface area is 179 Å². The minimum absolute atomic E-state index is 0.165. The topological polar surface area (TPSA) is 45.2 Å². The van der Waals surface area contributed by atoms with Crippen LogP contribution in [0, 0.1) is 0 Å². The van der Waals surface area contributed by atoms with Gasteiger partial charge in [-0.3, -0.25) is 9.78 Å². The molecule has 7 heteroatoms. The van der Waals surface area contributed by atoms with Crippen molar-refractivity contribution in [2.75, 3.05) is 24.3 Å². The van der Waals surface area contributed by atoms with E-state index in [9.17, 15) is 13.6 Å². The third-order valence-electron chi connectivity index (χ3n) is 4.57. The second-order valence-electron chi connectivity index (χ2n) is 7.12. The van der Waals surface area contributed by atoms with E-state index in [1.54, 1.807) is 24.4 Å². The van der Waals surface area contributed by atoms with Crippen molar-refractivity contribution in [3.63, 3.8) is 0 Å². The van der Waals surface area contributed by atoms with Gasteiger partial charge in [0, 0.05) is 60.4 Å². The molecule has 156 valence electrons. The molecule has 0 unspecified atom stereocenters. The van der Waals surface area contributed by atoms with Gasteiger partial charge < -0.3 is 10.2 Å². The predicted molar refractivity (Wildman–Crippen MR) is 117 cm³/mol. The van der Waals surface area contributed by atoms with E-state index in [-0.39, 0.29) is 18.7 Å². The second kappa shape index (κ2) is 9.67. The normalized spacial score (nSPS) is 10.9. The number of nitrogens with one attached hydrogen (secondary N) is 1. The van der Waals surface area contributed by atoms with Gasteiger partial charge >= 0.3 is 0 Å². The van der Waals surface area contributed by atoms with Crippen molar-refractivity contribution in [1.29, 1.82) is 0 Å². The molecular formula is C23H22ClF2N3O. The first-order valence-electron chi connectivity index (χ1n) is 9.40. The zero-order valence-corrected chi connectivity index (χ0v) is 17.5. The van der Waals surface area contributed by atoms with E-state index in [1.807, 2.05) is 49.3 Å². The Morgan fingerprint density at radius 2 is 1.90 bits per heavy atom. The summed E-state index contributed by atoms with van der Waals surface area (Å²) >= 11 is 6.13. The van der Waals surface area contributed by atoms with Crippen molar-refractivity contribution >= 4 is 28.9 Å². The summed E-state index contributed by atoms with van der Waals surface area (Å²) in [5, 5.41) is 3.44. The van der Waals surface area contributed by atoms with Gasteiger partial charge in [0.1, 0.15) is 0 Å². The highest BCUT2D eigenvalue weighted by Crippen LogP contribution is 2.33. The van der Waals surface area contributed by atoms with Crippen molar-refractivity contribution in [1.82, 2.24) is 4.98 Å². The van der Waals surface area contributed by atoms with Crippen LogP contribution in [0.25, 0.3) is 11.1 Å². The number of nitrogens with zero attached hydrogens (tertiary/aromatic N) is 2. The van der Waals surface area contributed by atoms with Gasteiger partial charge in [-0.15, -0.1) is 0 Å². The van der Waals surface area contributed by atoms with Crippen LogP contribution in [0.2, 0.25) is 5.02 Å². The maximum atomic E-state index is 12.7. The van der Waals surface area contributed by atoms with E-state index in [2.05, 4.69) is 10.3 Å². The Balaban J connectivity index is 1.83. The summed E-state index contributed by atoms with van der Waals surface area (Å²) in [7, 11) is 3.76. The maximum absolute atomic E-state index is 12.7. The van der Waals surface area contributed by atoms with Gasteiger partial charge in [-0.25, -0.2) is 8.78 Å². The fourth-order valence-electron chi connectivity index (χ4n) is 3.17.